The quantitative estimate of drug-likeness (QED) is 0.789. The first-order valence-corrected chi connectivity index (χ1v) is 8.75. The zero-order valence-corrected chi connectivity index (χ0v) is 15.6. The number of carbonyl (C=O) groups is 1. The summed E-state index contributed by atoms with van der Waals surface area (Å²) in [6.07, 6.45) is 0. The van der Waals surface area contributed by atoms with Crippen LogP contribution in [0.15, 0.2) is 30.3 Å². The molecule has 142 valence electrons. The molecular weight excluding hydrogens is 348 g/mol. The van der Waals surface area contributed by atoms with Crippen LogP contribution < -0.4 is 24.3 Å². The molecule has 2 unspecified atom stereocenters. The van der Waals surface area contributed by atoms with Crippen molar-refractivity contribution in [2.45, 2.75) is 19.5 Å². The van der Waals surface area contributed by atoms with E-state index >= 15 is 0 Å². The van der Waals surface area contributed by atoms with Crippen LogP contribution in [0.4, 0.5) is 5.69 Å². The van der Waals surface area contributed by atoms with Gasteiger partial charge in [-0.3, -0.25) is 9.69 Å². The number of nitrogens with zero attached hydrogens (tertiary/aromatic N) is 1. The van der Waals surface area contributed by atoms with Gasteiger partial charge in [-0.05, 0) is 36.2 Å². The molecule has 7 nitrogen and oxygen atoms in total. The van der Waals surface area contributed by atoms with Crippen LogP contribution in [0.2, 0.25) is 0 Å². The first kappa shape index (κ1) is 17.5. The number of benzene rings is 2. The molecule has 1 fully saturated rings. The van der Waals surface area contributed by atoms with E-state index in [1.165, 1.54) is 0 Å². The Morgan fingerprint density at radius 3 is 2.67 bits per heavy atom. The van der Waals surface area contributed by atoms with Crippen LogP contribution in [0.5, 0.6) is 23.0 Å². The lowest BCUT2D eigenvalue weighted by Crippen LogP contribution is -2.22. The van der Waals surface area contributed by atoms with E-state index in [2.05, 4.69) is 10.2 Å². The number of anilines is 1. The third kappa shape index (κ3) is 3.50. The summed E-state index contributed by atoms with van der Waals surface area (Å²) in [6, 6.07) is 9.38. The van der Waals surface area contributed by atoms with E-state index in [4.69, 9.17) is 18.9 Å². The molecule has 0 saturated carbocycles. The van der Waals surface area contributed by atoms with E-state index in [9.17, 15) is 4.79 Å². The van der Waals surface area contributed by atoms with Crippen molar-refractivity contribution in [1.82, 2.24) is 4.90 Å². The molecule has 2 aromatic carbocycles. The molecule has 1 amide bonds. The van der Waals surface area contributed by atoms with Crippen molar-refractivity contribution >= 4 is 11.6 Å². The molecule has 0 aromatic heterocycles. The molecule has 2 aliphatic heterocycles. The van der Waals surface area contributed by atoms with Gasteiger partial charge in [0.15, 0.2) is 23.0 Å². The summed E-state index contributed by atoms with van der Waals surface area (Å²) in [5, 5.41) is 2.99. The smallest absolute Gasteiger partial charge is 0.243 e. The lowest BCUT2D eigenvalue weighted by Gasteiger charge is -2.13. The predicted octanol–water partition coefficient (Wildman–Crippen LogP) is 2.56. The molecular formula is C20H22N2O5. The lowest BCUT2D eigenvalue weighted by molar-refractivity contribution is -0.116. The maximum absolute atomic E-state index is 12.6. The zero-order valence-electron chi connectivity index (χ0n) is 15.6. The fourth-order valence-electron chi connectivity index (χ4n) is 3.20. The van der Waals surface area contributed by atoms with Crippen LogP contribution in [0.3, 0.4) is 0 Å². The van der Waals surface area contributed by atoms with Gasteiger partial charge in [-0.25, -0.2) is 0 Å². The van der Waals surface area contributed by atoms with E-state index in [-0.39, 0.29) is 18.7 Å². The maximum Gasteiger partial charge on any atom is 0.243 e. The molecule has 4 rings (SSSR count). The second-order valence-electron chi connectivity index (χ2n) is 6.64. The summed E-state index contributed by atoms with van der Waals surface area (Å²) in [4.78, 5) is 14.7. The van der Waals surface area contributed by atoms with Gasteiger partial charge in [0.2, 0.25) is 12.7 Å². The molecule has 1 N–H and O–H groups in total. The molecule has 2 aromatic rings. The van der Waals surface area contributed by atoms with Crippen molar-refractivity contribution in [2.24, 2.45) is 0 Å². The van der Waals surface area contributed by atoms with Gasteiger partial charge in [-0.15, -0.1) is 0 Å². The Kier molecular flexibility index (Phi) is 4.53. The number of methoxy groups -OCH3 is 2. The van der Waals surface area contributed by atoms with Crippen molar-refractivity contribution in [3.63, 3.8) is 0 Å². The van der Waals surface area contributed by atoms with Crippen molar-refractivity contribution in [3.05, 3.63) is 41.5 Å². The minimum Gasteiger partial charge on any atom is -0.493 e. The summed E-state index contributed by atoms with van der Waals surface area (Å²) in [5.41, 5.74) is 2.74. The van der Waals surface area contributed by atoms with E-state index in [1.807, 2.05) is 31.2 Å². The zero-order chi connectivity index (χ0) is 19.0. The minimum atomic E-state index is -0.136. The molecule has 2 heterocycles. The van der Waals surface area contributed by atoms with Crippen molar-refractivity contribution < 1.29 is 23.7 Å². The fourth-order valence-corrected chi connectivity index (χ4v) is 3.20. The van der Waals surface area contributed by atoms with Gasteiger partial charge in [0, 0.05) is 24.8 Å². The SMILES string of the molecule is COc1cc(C)c(NC(=O)C2CN2Cc2ccc3c(c2)OCO3)cc1OC. The average Bonchev–Trinajstić information content (AvgIpc) is 3.28. The highest BCUT2D eigenvalue weighted by molar-refractivity contribution is 5.97. The topological polar surface area (TPSA) is 69.0 Å². The van der Waals surface area contributed by atoms with Crippen LogP contribution in [0.1, 0.15) is 11.1 Å². The van der Waals surface area contributed by atoms with Gasteiger partial charge in [-0.2, -0.15) is 0 Å². The van der Waals surface area contributed by atoms with E-state index in [0.717, 1.165) is 34.9 Å². The van der Waals surface area contributed by atoms with Crippen LogP contribution in [-0.2, 0) is 11.3 Å². The Morgan fingerprint density at radius 2 is 1.89 bits per heavy atom. The maximum atomic E-state index is 12.6. The van der Waals surface area contributed by atoms with Crippen molar-refractivity contribution in [3.8, 4) is 23.0 Å². The molecule has 0 radical (unpaired) electrons. The van der Waals surface area contributed by atoms with E-state index in [0.29, 0.717) is 18.0 Å². The van der Waals surface area contributed by atoms with E-state index < -0.39 is 0 Å². The molecule has 1 saturated heterocycles. The van der Waals surface area contributed by atoms with Crippen LogP contribution >= 0.6 is 0 Å². The van der Waals surface area contributed by atoms with Gasteiger partial charge < -0.3 is 24.3 Å². The number of aryl methyl sites for hydroxylation is 1. The Morgan fingerprint density at radius 1 is 1.15 bits per heavy atom. The molecule has 2 aliphatic rings. The third-order valence-electron chi connectivity index (χ3n) is 4.83. The highest BCUT2D eigenvalue weighted by Crippen LogP contribution is 2.35. The van der Waals surface area contributed by atoms with Crippen LogP contribution in [-0.4, -0.2) is 44.4 Å². The van der Waals surface area contributed by atoms with Gasteiger partial charge in [0.05, 0.1) is 14.2 Å². The van der Waals surface area contributed by atoms with Crippen LogP contribution in [0.25, 0.3) is 0 Å². The number of rotatable bonds is 6. The normalized spacial score (nSPS) is 19.5. The Bertz CT molecular complexity index is 883. The van der Waals surface area contributed by atoms with Gasteiger partial charge in [-0.1, -0.05) is 6.07 Å². The summed E-state index contributed by atoms with van der Waals surface area (Å²) in [7, 11) is 3.17. The Balaban J connectivity index is 1.39. The molecule has 7 heteroatoms. The summed E-state index contributed by atoms with van der Waals surface area (Å²) >= 11 is 0. The minimum absolute atomic E-state index is 0.0222. The van der Waals surface area contributed by atoms with Gasteiger partial charge in [0.25, 0.3) is 0 Å². The number of hydrogen-bond acceptors (Lipinski definition) is 6. The number of ether oxygens (including phenoxy) is 4. The first-order chi connectivity index (χ1) is 13.1. The van der Waals surface area contributed by atoms with Crippen LogP contribution in [0, 0.1) is 6.92 Å². The lowest BCUT2D eigenvalue weighted by atomic mass is 10.1. The number of hydrogen-bond donors (Lipinski definition) is 1. The first-order valence-electron chi connectivity index (χ1n) is 8.75. The second-order valence-corrected chi connectivity index (χ2v) is 6.64. The third-order valence-corrected chi connectivity index (χ3v) is 4.83. The number of amides is 1. The standard InChI is InChI=1S/C20H22N2O5/c1-12-6-17(24-2)18(25-3)8-14(12)21-20(23)15-10-22(15)9-13-4-5-16-19(7-13)27-11-26-16/h4-8,15H,9-11H2,1-3H3,(H,21,23). The Hall–Kier alpha value is -2.93. The van der Waals surface area contributed by atoms with Gasteiger partial charge in [0.1, 0.15) is 6.04 Å². The second kappa shape index (κ2) is 7.00. The largest absolute Gasteiger partial charge is 0.493 e. The summed E-state index contributed by atoms with van der Waals surface area (Å²) in [5.74, 6) is 2.74. The summed E-state index contributed by atoms with van der Waals surface area (Å²) in [6.45, 7) is 3.61. The van der Waals surface area contributed by atoms with Gasteiger partial charge >= 0.3 is 0 Å². The molecule has 2 atom stereocenters. The highest BCUT2D eigenvalue weighted by Gasteiger charge is 2.40. The van der Waals surface area contributed by atoms with Crippen molar-refractivity contribution in [1.29, 1.82) is 0 Å². The number of fused-ring (bicyclic) bond motifs is 1. The Labute approximate surface area is 157 Å². The van der Waals surface area contributed by atoms with Crippen molar-refractivity contribution in [2.75, 3.05) is 32.9 Å². The highest BCUT2D eigenvalue weighted by atomic mass is 16.7. The predicted molar refractivity (Wildman–Crippen MR) is 99.7 cm³/mol. The monoisotopic (exact) mass is 370 g/mol. The average molecular weight is 370 g/mol. The fraction of sp³-hybridized carbons (Fsp3) is 0.350. The molecule has 0 spiro atoms. The molecule has 0 bridgehead atoms. The molecule has 0 aliphatic carbocycles. The molecule has 27 heavy (non-hydrogen) atoms. The number of carbonyl (C=O) groups excluding carboxylic acids is 1. The number of nitrogens with one attached hydrogen (secondary N) is 1. The summed E-state index contributed by atoms with van der Waals surface area (Å²) < 4.78 is 21.3. The van der Waals surface area contributed by atoms with E-state index in [1.54, 1.807) is 20.3 Å².